The van der Waals surface area contributed by atoms with Crippen molar-refractivity contribution in [3.05, 3.63) is 64.2 Å². The maximum atomic E-state index is 12.2. The van der Waals surface area contributed by atoms with Crippen LogP contribution in [0.25, 0.3) is 0 Å². The number of rotatable bonds is 6. The normalized spacial score (nSPS) is 10.1. The number of nitro groups is 1. The Morgan fingerprint density at radius 3 is 2.54 bits per heavy atom. The maximum absolute atomic E-state index is 12.2. The molecule has 0 saturated carbocycles. The highest BCUT2D eigenvalue weighted by Crippen LogP contribution is 2.18. The first-order valence-corrected chi connectivity index (χ1v) is 8.05. The number of carbonyl (C=O) groups excluding carboxylic acids is 2. The summed E-state index contributed by atoms with van der Waals surface area (Å²) >= 11 is 0. The minimum absolute atomic E-state index is 0.126. The van der Waals surface area contributed by atoms with Gasteiger partial charge in [-0.3, -0.25) is 14.9 Å². The lowest BCUT2D eigenvalue weighted by molar-refractivity contribution is -0.384. The van der Waals surface area contributed by atoms with Gasteiger partial charge in [-0.15, -0.1) is 0 Å². The number of urea groups is 1. The number of hydrogen-bond donors (Lipinski definition) is 2. The smallest absolute Gasteiger partial charge is 0.322 e. The Balaban J connectivity index is 1.95. The van der Waals surface area contributed by atoms with Crippen LogP contribution in [0, 0.1) is 10.1 Å². The third-order valence-electron chi connectivity index (χ3n) is 3.71. The third kappa shape index (κ3) is 5.04. The molecule has 3 amide bonds. The van der Waals surface area contributed by atoms with Crippen LogP contribution in [0.3, 0.4) is 0 Å². The molecule has 0 aromatic heterocycles. The van der Waals surface area contributed by atoms with E-state index in [4.69, 9.17) is 0 Å². The van der Waals surface area contributed by atoms with E-state index in [0.29, 0.717) is 5.69 Å². The van der Waals surface area contributed by atoms with Crippen molar-refractivity contribution >= 4 is 29.0 Å². The van der Waals surface area contributed by atoms with Crippen LogP contribution in [0.5, 0.6) is 0 Å². The average Bonchev–Trinajstić information content (AvgIpc) is 2.62. The van der Waals surface area contributed by atoms with E-state index in [9.17, 15) is 19.7 Å². The van der Waals surface area contributed by atoms with Gasteiger partial charge in [-0.1, -0.05) is 31.2 Å². The third-order valence-corrected chi connectivity index (χ3v) is 3.71. The van der Waals surface area contributed by atoms with E-state index in [1.165, 1.54) is 36.2 Å². The molecule has 136 valence electrons. The fourth-order valence-electron chi connectivity index (χ4n) is 2.34. The molecule has 0 fully saturated rings. The highest BCUT2D eigenvalue weighted by molar-refractivity contribution is 5.97. The number of anilines is 2. The quantitative estimate of drug-likeness (QED) is 0.612. The Bertz CT molecular complexity index is 822. The molecule has 0 bridgehead atoms. The standard InChI is InChI=1S/C18H20N4O4/c1-3-13-7-4-5-10-16(13)20-17(23)12-21(2)18(24)19-14-8-6-9-15(11-14)22(25)26/h4-11H,3,12H2,1-2H3,(H,19,24)(H,20,23). The molecule has 8 heteroatoms. The highest BCUT2D eigenvalue weighted by atomic mass is 16.6. The van der Waals surface area contributed by atoms with Crippen molar-refractivity contribution in [3.63, 3.8) is 0 Å². The van der Waals surface area contributed by atoms with Crippen molar-refractivity contribution in [1.29, 1.82) is 0 Å². The van der Waals surface area contributed by atoms with Crippen molar-refractivity contribution < 1.29 is 14.5 Å². The highest BCUT2D eigenvalue weighted by Gasteiger charge is 2.15. The summed E-state index contributed by atoms with van der Waals surface area (Å²) in [5, 5.41) is 16.1. The molecule has 8 nitrogen and oxygen atoms in total. The van der Waals surface area contributed by atoms with Gasteiger partial charge in [-0.2, -0.15) is 0 Å². The molecule has 0 atom stereocenters. The molecule has 26 heavy (non-hydrogen) atoms. The van der Waals surface area contributed by atoms with Crippen LogP contribution >= 0.6 is 0 Å². The first-order chi connectivity index (χ1) is 12.4. The number of hydrogen-bond acceptors (Lipinski definition) is 4. The molecule has 0 aliphatic heterocycles. The fraction of sp³-hybridized carbons (Fsp3) is 0.222. The summed E-state index contributed by atoms with van der Waals surface area (Å²) in [4.78, 5) is 35.8. The SMILES string of the molecule is CCc1ccccc1NC(=O)CN(C)C(=O)Nc1cccc([N+](=O)[O-])c1. The second kappa shape index (κ2) is 8.61. The first-order valence-electron chi connectivity index (χ1n) is 8.05. The predicted molar refractivity (Wildman–Crippen MR) is 99.2 cm³/mol. The lowest BCUT2D eigenvalue weighted by Gasteiger charge is -2.18. The van der Waals surface area contributed by atoms with Crippen LogP contribution in [0.2, 0.25) is 0 Å². The number of nitrogens with one attached hydrogen (secondary N) is 2. The maximum Gasteiger partial charge on any atom is 0.322 e. The molecule has 0 aliphatic rings. The summed E-state index contributed by atoms with van der Waals surface area (Å²) in [5.41, 5.74) is 1.88. The molecule has 0 aliphatic carbocycles. The van der Waals surface area contributed by atoms with Gasteiger partial charge in [0.05, 0.1) is 4.92 Å². The monoisotopic (exact) mass is 356 g/mol. The van der Waals surface area contributed by atoms with E-state index in [1.54, 1.807) is 6.07 Å². The van der Waals surface area contributed by atoms with E-state index >= 15 is 0 Å². The van der Waals surface area contributed by atoms with E-state index in [0.717, 1.165) is 12.0 Å². The molecular formula is C18H20N4O4. The van der Waals surface area contributed by atoms with Crippen molar-refractivity contribution in [2.24, 2.45) is 0 Å². The molecule has 2 N–H and O–H groups in total. The Morgan fingerprint density at radius 2 is 1.85 bits per heavy atom. The Morgan fingerprint density at radius 1 is 1.12 bits per heavy atom. The van der Waals surface area contributed by atoms with Gasteiger partial charge < -0.3 is 15.5 Å². The number of benzene rings is 2. The second-order valence-corrected chi connectivity index (χ2v) is 5.65. The van der Waals surface area contributed by atoms with Gasteiger partial charge in [0.2, 0.25) is 5.91 Å². The molecule has 0 saturated heterocycles. The van der Waals surface area contributed by atoms with E-state index in [-0.39, 0.29) is 23.8 Å². The first kappa shape index (κ1) is 18.9. The molecule has 2 aromatic rings. The van der Waals surface area contributed by atoms with Crippen LogP contribution in [0.4, 0.5) is 21.9 Å². The molecule has 0 heterocycles. The van der Waals surface area contributed by atoms with Crippen LogP contribution < -0.4 is 10.6 Å². The summed E-state index contributed by atoms with van der Waals surface area (Å²) in [6.45, 7) is 1.84. The zero-order valence-corrected chi connectivity index (χ0v) is 14.6. The number of nitrogens with zero attached hydrogens (tertiary/aromatic N) is 2. The summed E-state index contributed by atoms with van der Waals surface area (Å²) < 4.78 is 0. The average molecular weight is 356 g/mol. The van der Waals surface area contributed by atoms with Gasteiger partial charge in [0, 0.05) is 30.6 Å². The van der Waals surface area contributed by atoms with Gasteiger partial charge in [0.25, 0.3) is 5.69 Å². The van der Waals surface area contributed by atoms with Gasteiger partial charge in [-0.25, -0.2) is 4.79 Å². The minimum atomic E-state index is -0.544. The summed E-state index contributed by atoms with van der Waals surface area (Å²) in [6, 6.07) is 12.5. The second-order valence-electron chi connectivity index (χ2n) is 5.65. The number of carbonyl (C=O) groups is 2. The molecule has 0 radical (unpaired) electrons. The molecule has 2 rings (SSSR count). The minimum Gasteiger partial charge on any atom is -0.324 e. The Kier molecular flexibility index (Phi) is 6.26. The fourth-order valence-corrected chi connectivity index (χ4v) is 2.34. The number of likely N-dealkylation sites (N-methyl/N-ethyl adjacent to an activating group) is 1. The Hall–Kier alpha value is -3.42. The topological polar surface area (TPSA) is 105 Å². The predicted octanol–water partition coefficient (Wildman–Crippen LogP) is 3.26. The summed E-state index contributed by atoms with van der Waals surface area (Å²) in [7, 11) is 1.47. The zero-order chi connectivity index (χ0) is 19.1. The number of non-ortho nitro benzene ring substituents is 1. The van der Waals surface area contributed by atoms with Gasteiger partial charge in [0.15, 0.2) is 0 Å². The van der Waals surface area contributed by atoms with Crippen molar-refractivity contribution in [3.8, 4) is 0 Å². The van der Waals surface area contributed by atoms with Gasteiger partial charge in [-0.05, 0) is 24.1 Å². The molecule has 0 spiro atoms. The number of para-hydroxylation sites is 1. The number of nitro benzene ring substituents is 1. The van der Waals surface area contributed by atoms with Gasteiger partial charge >= 0.3 is 6.03 Å². The van der Waals surface area contributed by atoms with Crippen LogP contribution in [-0.4, -0.2) is 35.4 Å². The van der Waals surface area contributed by atoms with E-state index in [1.807, 2.05) is 25.1 Å². The van der Waals surface area contributed by atoms with Crippen molar-refractivity contribution in [2.75, 3.05) is 24.2 Å². The number of amides is 3. The lowest BCUT2D eigenvalue weighted by atomic mass is 10.1. The summed E-state index contributed by atoms with van der Waals surface area (Å²) in [5.74, 6) is -0.331. The number of aryl methyl sites for hydroxylation is 1. The molecule has 0 unspecified atom stereocenters. The largest absolute Gasteiger partial charge is 0.324 e. The van der Waals surface area contributed by atoms with Crippen molar-refractivity contribution in [1.82, 2.24) is 4.90 Å². The Labute approximate surface area is 151 Å². The summed E-state index contributed by atoms with van der Waals surface area (Å²) in [6.07, 6.45) is 0.777. The molecule has 2 aromatic carbocycles. The van der Waals surface area contributed by atoms with E-state index in [2.05, 4.69) is 10.6 Å². The zero-order valence-electron chi connectivity index (χ0n) is 14.6. The molecular weight excluding hydrogens is 336 g/mol. The van der Waals surface area contributed by atoms with Crippen LogP contribution in [0.15, 0.2) is 48.5 Å². The lowest BCUT2D eigenvalue weighted by Crippen LogP contribution is -2.37. The van der Waals surface area contributed by atoms with Gasteiger partial charge in [0.1, 0.15) is 6.54 Å². The van der Waals surface area contributed by atoms with E-state index < -0.39 is 11.0 Å². The van der Waals surface area contributed by atoms with Crippen LogP contribution in [-0.2, 0) is 11.2 Å². The van der Waals surface area contributed by atoms with Crippen molar-refractivity contribution in [2.45, 2.75) is 13.3 Å². The van der Waals surface area contributed by atoms with Crippen LogP contribution in [0.1, 0.15) is 12.5 Å².